The zero-order valence-electron chi connectivity index (χ0n) is 10.9. The van der Waals surface area contributed by atoms with Crippen LogP contribution in [0, 0.1) is 0 Å². The summed E-state index contributed by atoms with van der Waals surface area (Å²) < 4.78 is 7.50. The maximum absolute atomic E-state index is 9.16. The summed E-state index contributed by atoms with van der Waals surface area (Å²) in [5, 5.41) is 13.6. The summed E-state index contributed by atoms with van der Waals surface area (Å²) in [6.45, 7) is 3.51. The van der Waals surface area contributed by atoms with E-state index in [1.54, 1.807) is 0 Å². The van der Waals surface area contributed by atoms with Gasteiger partial charge in [0.25, 0.3) is 0 Å². The Labute approximate surface area is 107 Å². The van der Waals surface area contributed by atoms with Gasteiger partial charge in [0.05, 0.1) is 25.5 Å². The third-order valence-electron chi connectivity index (χ3n) is 3.85. The molecule has 1 N–H and O–H groups in total. The van der Waals surface area contributed by atoms with E-state index in [9.17, 15) is 0 Å². The summed E-state index contributed by atoms with van der Waals surface area (Å²) in [6.07, 6.45) is 4.57. The molecule has 5 heteroatoms. The molecule has 0 spiro atoms. The minimum atomic E-state index is -0.0280. The van der Waals surface area contributed by atoms with E-state index in [1.807, 2.05) is 17.9 Å². The van der Waals surface area contributed by atoms with Gasteiger partial charge in [0.1, 0.15) is 0 Å². The van der Waals surface area contributed by atoms with Crippen molar-refractivity contribution in [3.8, 4) is 0 Å². The Morgan fingerprint density at radius 1 is 1.50 bits per heavy atom. The number of ether oxygens (including phenoxy) is 1. The second-order valence-electron chi connectivity index (χ2n) is 5.36. The molecule has 100 valence electrons. The molecule has 2 fully saturated rings. The standard InChI is InChI=1S/C13H21N3O2/c1-15-13(10-2-3-10)11(6-14-15)7-16-4-5-18-12(8-16)9-17/h6,10,12,17H,2-5,7-9H2,1H3. The maximum atomic E-state index is 9.16. The molecule has 0 aromatic carbocycles. The fourth-order valence-electron chi connectivity index (χ4n) is 2.77. The number of morpholine rings is 1. The van der Waals surface area contributed by atoms with Crippen LogP contribution in [0.5, 0.6) is 0 Å². The average molecular weight is 251 g/mol. The van der Waals surface area contributed by atoms with Crippen LogP contribution in [0.1, 0.15) is 30.0 Å². The Balaban J connectivity index is 1.68. The van der Waals surface area contributed by atoms with Crippen molar-refractivity contribution in [1.82, 2.24) is 14.7 Å². The van der Waals surface area contributed by atoms with Crippen molar-refractivity contribution < 1.29 is 9.84 Å². The van der Waals surface area contributed by atoms with Crippen molar-refractivity contribution in [2.24, 2.45) is 7.05 Å². The number of hydrogen-bond acceptors (Lipinski definition) is 4. The zero-order chi connectivity index (χ0) is 12.5. The quantitative estimate of drug-likeness (QED) is 0.846. The summed E-state index contributed by atoms with van der Waals surface area (Å²) in [5.74, 6) is 0.724. The number of rotatable bonds is 4. The van der Waals surface area contributed by atoms with Gasteiger partial charge < -0.3 is 9.84 Å². The topological polar surface area (TPSA) is 50.5 Å². The first kappa shape index (κ1) is 12.1. The first-order valence-corrected chi connectivity index (χ1v) is 6.73. The number of aliphatic hydroxyl groups excluding tert-OH is 1. The SMILES string of the molecule is Cn1ncc(CN2CCOC(CO)C2)c1C1CC1. The number of aryl methyl sites for hydroxylation is 1. The molecular weight excluding hydrogens is 230 g/mol. The van der Waals surface area contributed by atoms with E-state index in [1.165, 1.54) is 24.1 Å². The van der Waals surface area contributed by atoms with Crippen molar-refractivity contribution in [1.29, 1.82) is 0 Å². The molecule has 0 amide bonds. The van der Waals surface area contributed by atoms with E-state index >= 15 is 0 Å². The lowest BCUT2D eigenvalue weighted by atomic mass is 10.1. The van der Waals surface area contributed by atoms with E-state index in [-0.39, 0.29) is 12.7 Å². The van der Waals surface area contributed by atoms with Gasteiger partial charge in [-0.3, -0.25) is 9.58 Å². The first-order valence-electron chi connectivity index (χ1n) is 6.73. The van der Waals surface area contributed by atoms with Gasteiger partial charge in [-0.2, -0.15) is 5.10 Å². The van der Waals surface area contributed by atoms with Crippen LogP contribution in [0.25, 0.3) is 0 Å². The molecule has 0 radical (unpaired) electrons. The molecule has 1 atom stereocenters. The molecule has 1 saturated carbocycles. The molecule has 1 aliphatic carbocycles. The van der Waals surface area contributed by atoms with Gasteiger partial charge in [-0.1, -0.05) is 0 Å². The van der Waals surface area contributed by atoms with Crippen molar-refractivity contribution in [3.05, 3.63) is 17.5 Å². The van der Waals surface area contributed by atoms with Crippen molar-refractivity contribution in [3.63, 3.8) is 0 Å². The van der Waals surface area contributed by atoms with Gasteiger partial charge in [0.2, 0.25) is 0 Å². The van der Waals surface area contributed by atoms with Crippen LogP contribution in [0.2, 0.25) is 0 Å². The van der Waals surface area contributed by atoms with Gasteiger partial charge >= 0.3 is 0 Å². The molecule has 5 nitrogen and oxygen atoms in total. The number of nitrogens with zero attached hydrogens (tertiary/aromatic N) is 3. The summed E-state index contributed by atoms with van der Waals surface area (Å²) in [7, 11) is 2.03. The second kappa shape index (κ2) is 4.99. The number of aromatic nitrogens is 2. The average Bonchev–Trinajstić information content (AvgIpc) is 3.15. The Kier molecular flexibility index (Phi) is 3.37. The van der Waals surface area contributed by atoms with Crippen molar-refractivity contribution in [2.45, 2.75) is 31.4 Å². The molecule has 2 heterocycles. The minimum Gasteiger partial charge on any atom is -0.394 e. The third-order valence-corrected chi connectivity index (χ3v) is 3.85. The van der Waals surface area contributed by atoms with Gasteiger partial charge in [-0.25, -0.2) is 0 Å². The number of aliphatic hydroxyl groups is 1. The Morgan fingerprint density at radius 2 is 2.33 bits per heavy atom. The fourth-order valence-corrected chi connectivity index (χ4v) is 2.77. The molecule has 18 heavy (non-hydrogen) atoms. The molecule has 1 unspecified atom stereocenters. The zero-order valence-corrected chi connectivity index (χ0v) is 10.9. The van der Waals surface area contributed by atoms with E-state index < -0.39 is 0 Å². The highest BCUT2D eigenvalue weighted by atomic mass is 16.5. The highest BCUT2D eigenvalue weighted by Crippen LogP contribution is 2.41. The van der Waals surface area contributed by atoms with Crippen LogP contribution >= 0.6 is 0 Å². The summed E-state index contributed by atoms with van der Waals surface area (Å²) >= 11 is 0. The highest BCUT2D eigenvalue weighted by Gasteiger charge is 2.30. The largest absolute Gasteiger partial charge is 0.394 e. The summed E-state index contributed by atoms with van der Waals surface area (Å²) in [6, 6.07) is 0. The van der Waals surface area contributed by atoms with Crippen LogP contribution in [0.4, 0.5) is 0 Å². The molecule has 0 bridgehead atoms. The van der Waals surface area contributed by atoms with Crippen LogP contribution in [-0.2, 0) is 18.3 Å². The van der Waals surface area contributed by atoms with Gasteiger partial charge in [-0.05, 0) is 12.8 Å². The molecule has 2 aliphatic rings. The van der Waals surface area contributed by atoms with Crippen molar-refractivity contribution in [2.75, 3.05) is 26.3 Å². The van der Waals surface area contributed by atoms with Gasteiger partial charge in [-0.15, -0.1) is 0 Å². The Hall–Kier alpha value is -0.910. The summed E-state index contributed by atoms with van der Waals surface area (Å²) in [5.41, 5.74) is 2.75. The maximum Gasteiger partial charge on any atom is 0.0933 e. The van der Waals surface area contributed by atoms with E-state index in [4.69, 9.17) is 9.84 Å². The monoisotopic (exact) mass is 251 g/mol. The highest BCUT2D eigenvalue weighted by molar-refractivity contribution is 5.25. The predicted octanol–water partition coefficient (Wildman–Crippen LogP) is 0.491. The second-order valence-corrected chi connectivity index (χ2v) is 5.36. The van der Waals surface area contributed by atoms with Crippen LogP contribution in [0.3, 0.4) is 0 Å². The van der Waals surface area contributed by atoms with Crippen LogP contribution < -0.4 is 0 Å². The molecule has 1 saturated heterocycles. The predicted molar refractivity (Wildman–Crippen MR) is 67.3 cm³/mol. The first-order chi connectivity index (χ1) is 8.78. The Bertz CT molecular complexity index is 414. The van der Waals surface area contributed by atoms with Crippen LogP contribution in [0.15, 0.2) is 6.20 Å². The lowest BCUT2D eigenvalue weighted by Crippen LogP contribution is -2.43. The van der Waals surface area contributed by atoms with E-state index in [2.05, 4.69) is 10.00 Å². The smallest absolute Gasteiger partial charge is 0.0933 e. The van der Waals surface area contributed by atoms with Gasteiger partial charge in [0.15, 0.2) is 0 Å². The molecule has 1 aliphatic heterocycles. The van der Waals surface area contributed by atoms with Crippen molar-refractivity contribution >= 4 is 0 Å². The third kappa shape index (κ3) is 2.43. The molecule has 1 aromatic rings. The molecule has 3 rings (SSSR count). The molecule has 1 aromatic heterocycles. The summed E-state index contributed by atoms with van der Waals surface area (Å²) in [4.78, 5) is 2.35. The molecular formula is C13H21N3O2. The lowest BCUT2D eigenvalue weighted by molar-refractivity contribution is -0.0551. The normalized spacial score (nSPS) is 25.6. The minimum absolute atomic E-state index is 0.0280. The van der Waals surface area contributed by atoms with E-state index in [0.29, 0.717) is 6.61 Å². The fraction of sp³-hybridized carbons (Fsp3) is 0.769. The number of hydrogen-bond donors (Lipinski definition) is 1. The Morgan fingerprint density at radius 3 is 3.06 bits per heavy atom. The van der Waals surface area contributed by atoms with E-state index in [0.717, 1.165) is 25.6 Å². The van der Waals surface area contributed by atoms with Gasteiger partial charge in [0, 0.05) is 43.9 Å². The van der Waals surface area contributed by atoms with Crippen LogP contribution in [-0.4, -0.2) is 52.2 Å². The lowest BCUT2D eigenvalue weighted by Gasteiger charge is -2.31.